The van der Waals surface area contributed by atoms with Crippen molar-refractivity contribution in [3.8, 4) is 0 Å². The van der Waals surface area contributed by atoms with E-state index in [-0.39, 0.29) is 6.03 Å². The second-order valence-corrected chi connectivity index (χ2v) is 5.81. The molecule has 0 heterocycles. The van der Waals surface area contributed by atoms with Gasteiger partial charge in [-0.05, 0) is 38.5 Å². The smallest absolute Gasteiger partial charge is 0.319 e. The lowest BCUT2D eigenvalue weighted by Gasteiger charge is -2.30. The Morgan fingerprint density at radius 2 is 1.22 bits per heavy atom. The predicted octanol–water partition coefficient (Wildman–Crippen LogP) is 3.84. The number of rotatable bonds is 8. The highest BCUT2D eigenvalue weighted by Crippen LogP contribution is 2.09. The molecule has 0 bridgehead atoms. The van der Waals surface area contributed by atoms with Crippen LogP contribution in [0, 0.1) is 11.8 Å². The number of hydrogen-bond donors (Lipinski definition) is 0. The standard InChI is InChI=1S/C15H32N2O/c1-7-16(8-2)15(18)17(11-9-13(3)4)12-10-14(5)6/h13-14H,7-12H2,1-6H3. The largest absolute Gasteiger partial charge is 0.325 e. The van der Waals surface area contributed by atoms with Gasteiger partial charge in [-0.1, -0.05) is 27.7 Å². The Morgan fingerprint density at radius 1 is 0.833 bits per heavy atom. The van der Waals surface area contributed by atoms with Crippen molar-refractivity contribution in [1.82, 2.24) is 9.80 Å². The first-order chi connectivity index (χ1) is 8.42. The summed E-state index contributed by atoms with van der Waals surface area (Å²) in [5, 5.41) is 0. The molecule has 0 aliphatic carbocycles. The van der Waals surface area contributed by atoms with E-state index in [0.29, 0.717) is 11.8 Å². The number of urea groups is 1. The molecule has 0 saturated heterocycles. The topological polar surface area (TPSA) is 23.6 Å². The normalized spacial score (nSPS) is 11.1. The molecule has 2 amide bonds. The van der Waals surface area contributed by atoms with E-state index >= 15 is 0 Å². The van der Waals surface area contributed by atoms with E-state index in [1.165, 1.54) is 0 Å². The molecule has 0 unspecified atom stereocenters. The van der Waals surface area contributed by atoms with E-state index in [0.717, 1.165) is 39.0 Å². The van der Waals surface area contributed by atoms with Crippen LogP contribution in [0.1, 0.15) is 54.4 Å². The Balaban J connectivity index is 4.46. The molecule has 0 saturated carbocycles. The summed E-state index contributed by atoms with van der Waals surface area (Å²) in [6.07, 6.45) is 2.18. The third-order valence-electron chi connectivity index (χ3n) is 3.26. The van der Waals surface area contributed by atoms with E-state index < -0.39 is 0 Å². The van der Waals surface area contributed by atoms with Gasteiger partial charge >= 0.3 is 6.03 Å². The zero-order valence-electron chi connectivity index (χ0n) is 13.2. The van der Waals surface area contributed by atoms with Crippen LogP contribution in [0.4, 0.5) is 4.79 Å². The predicted molar refractivity (Wildman–Crippen MR) is 78.8 cm³/mol. The van der Waals surface area contributed by atoms with Crippen LogP contribution in [-0.4, -0.2) is 42.0 Å². The zero-order valence-corrected chi connectivity index (χ0v) is 13.2. The number of carbonyl (C=O) groups excluding carboxylic acids is 1. The van der Waals surface area contributed by atoms with Crippen LogP contribution in [0.25, 0.3) is 0 Å². The second-order valence-electron chi connectivity index (χ2n) is 5.81. The molecule has 0 aliphatic heterocycles. The molecule has 0 spiro atoms. The third kappa shape index (κ3) is 6.87. The Kier molecular flexibility index (Phi) is 8.86. The van der Waals surface area contributed by atoms with Crippen molar-refractivity contribution in [2.24, 2.45) is 11.8 Å². The van der Waals surface area contributed by atoms with Crippen LogP contribution in [0.3, 0.4) is 0 Å². The first kappa shape index (κ1) is 17.3. The van der Waals surface area contributed by atoms with E-state index in [9.17, 15) is 4.79 Å². The zero-order chi connectivity index (χ0) is 14.1. The maximum absolute atomic E-state index is 12.4. The lowest BCUT2D eigenvalue weighted by molar-refractivity contribution is 0.152. The van der Waals surface area contributed by atoms with Crippen molar-refractivity contribution >= 4 is 6.03 Å². The molecule has 0 aromatic carbocycles. The molecule has 0 aromatic heterocycles. The number of hydrogen-bond acceptors (Lipinski definition) is 1. The molecule has 0 aromatic rings. The SMILES string of the molecule is CCN(CC)C(=O)N(CCC(C)C)CCC(C)C. The van der Waals surface area contributed by atoms with Crippen molar-refractivity contribution < 1.29 is 4.79 Å². The van der Waals surface area contributed by atoms with E-state index in [1.54, 1.807) is 0 Å². The van der Waals surface area contributed by atoms with Gasteiger partial charge in [0.25, 0.3) is 0 Å². The maximum atomic E-state index is 12.4. The third-order valence-corrected chi connectivity index (χ3v) is 3.26. The highest BCUT2D eigenvalue weighted by molar-refractivity contribution is 5.74. The fourth-order valence-corrected chi connectivity index (χ4v) is 1.83. The summed E-state index contributed by atoms with van der Waals surface area (Å²) in [6, 6.07) is 0.210. The summed E-state index contributed by atoms with van der Waals surface area (Å²) in [7, 11) is 0. The van der Waals surface area contributed by atoms with Gasteiger partial charge in [0.2, 0.25) is 0 Å². The highest BCUT2D eigenvalue weighted by Gasteiger charge is 2.18. The number of amides is 2. The minimum absolute atomic E-state index is 0.210. The minimum atomic E-state index is 0.210. The molecule has 3 nitrogen and oxygen atoms in total. The van der Waals surface area contributed by atoms with Crippen LogP contribution < -0.4 is 0 Å². The molecule has 3 heteroatoms. The maximum Gasteiger partial charge on any atom is 0.319 e. The van der Waals surface area contributed by atoms with Gasteiger partial charge in [0.15, 0.2) is 0 Å². The first-order valence-corrected chi connectivity index (χ1v) is 7.46. The monoisotopic (exact) mass is 256 g/mol. The van der Waals surface area contributed by atoms with Crippen molar-refractivity contribution in [1.29, 1.82) is 0 Å². The van der Waals surface area contributed by atoms with Crippen LogP contribution in [0.5, 0.6) is 0 Å². The molecule has 0 radical (unpaired) electrons. The van der Waals surface area contributed by atoms with Crippen molar-refractivity contribution in [3.63, 3.8) is 0 Å². The van der Waals surface area contributed by atoms with E-state index in [2.05, 4.69) is 27.7 Å². The Bertz CT molecular complexity index is 211. The van der Waals surface area contributed by atoms with Crippen LogP contribution in [0.15, 0.2) is 0 Å². The summed E-state index contributed by atoms with van der Waals surface area (Å²) >= 11 is 0. The van der Waals surface area contributed by atoms with Gasteiger partial charge in [-0.3, -0.25) is 0 Å². The first-order valence-electron chi connectivity index (χ1n) is 7.46. The highest BCUT2D eigenvalue weighted by atomic mass is 16.2. The van der Waals surface area contributed by atoms with Crippen LogP contribution in [-0.2, 0) is 0 Å². The fraction of sp³-hybridized carbons (Fsp3) is 0.933. The van der Waals surface area contributed by atoms with E-state index in [1.807, 2.05) is 23.6 Å². The van der Waals surface area contributed by atoms with Crippen LogP contribution >= 0.6 is 0 Å². The Hall–Kier alpha value is -0.730. The average molecular weight is 256 g/mol. The molecule has 0 aliphatic rings. The summed E-state index contributed by atoms with van der Waals surface area (Å²) in [4.78, 5) is 16.3. The molecule has 108 valence electrons. The van der Waals surface area contributed by atoms with Crippen molar-refractivity contribution in [3.05, 3.63) is 0 Å². The van der Waals surface area contributed by atoms with Gasteiger partial charge in [-0.25, -0.2) is 4.79 Å². The molecule has 18 heavy (non-hydrogen) atoms. The quantitative estimate of drug-likeness (QED) is 0.647. The van der Waals surface area contributed by atoms with Crippen LogP contribution in [0.2, 0.25) is 0 Å². The van der Waals surface area contributed by atoms with Gasteiger partial charge in [0, 0.05) is 26.2 Å². The second kappa shape index (κ2) is 9.23. The minimum Gasteiger partial charge on any atom is -0.325 e. The number of nitrogens with zero attached hydrogens (tertiary/aromatic N) is 2. The summed E-state index contributed by atoms with van der Waals surface area (Å²) < 4.78 is 0. The molecule has 0 N–H and O–H groups in total. The molecular weight excluding hydrogens is 224 g/mol. The summed E-state index contributed by atoms with van der Waals surface area (Å²) in [6.45, 7) is 16.3. The number of carbonyl (C=O) groups is 1. The van der Waals surface area contributed by atoms with Crippen molar-refractivity contribution in [2.75, 3.05) is 26.2 Å². The summed E-state index contributed by atoms with van der Waals surface area (Å²) in [5.41, 5.74) is 0. The lowest BCUT2D eigenvalue weighted by atomic mass is 10.1. The van der Waals surface area contributed by atoms with E-state index in [4.69, 9.17) is 0 Å². The van der Waals surface area contributed by atoms with Crippen molar-refractivity contribution in [2.45, 2.75) is 54.4 Å². The average Bonchev–Trinajstić information content (AvgIpc) is 2.29. The fourth-order valence-electron chi connectivity index (χ4n) is 1.83. The molecule has 0 rings (SSSR count). The molecule has 0 atom stereocenters. The van der Waals surface area contributed by atoms with Gasteiger partial charge in [0.1, 0.15) is 0 Å². The van der Waals surface area contributed by atoms with Gasteiger partial charge < -0.3 is 9.80 Å². The molecular formula is C15H32N2O. The van der Waals surface area contributed by atoms with Gasteiger partial charge in [-0.2, -0.15) is 0 Å². The van der Waals surface area contributed by atoms with Gasteiger partial charge in [-0.15, -0.1) is 0 Å². The Labute approximate surface area is 114 Å². The lowest BCUT2D eigenvalue weighted by Crippen LogP contribution is -2.44. The van der Waals surface area contributed by atoms with Gasteiger partial charge in [0.05, 0.1) is 0 Å². The summed E-state index contributed by atoms with van der Waals surface area (Å²) in [5.74, 6) is 1.30. The molecule has 0 fully saturated rings. The Morgan fingerprint density at radius 3 is 1.50 bits per heavy atom.